The zero-order valence-corrected chi connectivity index (χ0v) is 10.4. The van der Waals surface area contributed by atoms with Crippen LogP contribution in [0.2, 0.25) is 0 Å². The third-order valence-electron chi connectivity index (χ3n) is 4.15. The Labute approximate surface area is 97.9 Å². The number of hydrogen-bond acceptors (Lipinski definition) is 4. The molecule has 1 fully saturated rings. The largest absolute Gasteiger partial charge is 0.394 e. The number of hydrogen-bond donors (Lipinski definition) is 3. The van der Waals surface area contributed by atoms with Gasteiger partial charge in [0.1, 0.15) is 0 Å². The van der Waals surface area contributed by atoms with Crippen LogP contribution in [0.1, 0.15) is 39.0 Å². The third kappa shape index (κ3) is 2.56. The van der Waals surface area contributed by atoms with Crippen LogP contribution in [0.5, 0.6) is 0 Å². The topological polar surface area (TPSA) is 63.9 Å². The van der Waals surface area contributed by atoms with E-state index < -0.39 is 11.6 Å². The van der Waals surface area contributed by atoms with Gasteiger partial charge in [-0.1, -0.05) is 19.3 Å². The summed E-state index contributed by atoms with van der Waals surface area (Å²) >= 11 is 0. The van der Waals surface area contributed by atoms with E-state index in [1.165, 1.54) is 19.3 Å². The predicted octanol–water partition coefficient (Wildman–Crippen LogP) is 0.355. The average Bonchev–Trinajstić information content (AvgIpc) is 2.32. The highest BCUT2D eigenvalue weighted by atomic mass is 16.3. The molecule has 0 aromatic rings. The second-order valence-corrected chi connectivity index (χ2v) is 5.00. The normalized spacial score (nSPS) is 21.4. The quantitative estimate of drug-likeness (QED) is 0.639. The maximum absolute atomic E-state index is 9.80. The van der Waals surface area contributed by atoms with E-state index in [-0.39, 0.29) is 13.2 Å². The Morgan fingerprint density at radius 2 is 1.69 bits per heavy atom. The molecule has 3 N–H and O–H groups in total. The molecule has 0 spiro atoms. The van der Waals surface area contributed by atoms with Crippen molar-refractivity contribution in [2.24, 2.45) is 0 Å². The van der Waals surface area contributed by atoms with E-state index in [0.29, 0.717) is 6.04 Å². The lowest BCUT2D eigenvalue weighted by molar-refractivity contribution is -0.0954. The van der Waals surface area contributed by atoms with Crippen molar-refractivity contribution in [3.05, 3.63) is 0 Å². The van der Waals surface area contributed by atoms with Crippen LogP contribution < -0.4 is 0 Å². The lowest BCUT2D eigenvalue weighted by Gasteiger charge is -2.46. The Morgan fingerprint density at radius 3 is 2.06 bits per heavy atom. The van der Waals surface area contributed by atoms with Crippen molar-refractivity contribution >= 4 is 0 Å². The minimum Gasteiger partial charge on any atom is -0.394 e. The average molecular weight is 231 g/mol. The number of nitrogens with zero attached hydrogens (tertiary/aromatic N) is 1. The zero-order valence-electron chi connectivity index (χ0n) is 10.4. The molecule has 96 valence electrons. The first-order chi connectivity index (χ1) is 7.58. The second kappa shape index (κ2) is 5.96. The van der Waals surface area contributed by atoms with Crippen molar-refractivity contribution in [3.63, 3.8) is 0 Å². The highest BCUT2D eigenvalue weighted by Gasteiger charge is 2.41. The number of likely N-dealkylation sites (N-methyl/N-ethyl adjacent to an activating group) is 1. The summed E-state index contributed by atoms with van der Waals surface area (Å²) in [7, 11) is 1.90. The van der Waals surface area contributed by atoms with Crippen LogP contribution >= 0.6 is 0 Å². The summed E-state index contributed by atoms with van der Waals surface area (Å²) in [5, 5.41) is 28.8. The van der Waals surface area contributed by atoms with E-state index in [1.807, 2.05) is 11.9 Å². The van der Waals surface area contributed by atoms with Gasteiger partial charge in [0.2, 0.25) is 0 Å². The molecule has 0 heterocycles. The fourth-order valence-corrected chi connectivity index (χ4v) is 2.66. The summed E-state index contributed by atoms with van der Waals surface area (Å²) in [4.78, 5) is 1.98. The van der Waals surface area contributed by atoms with E-state index in [4.69, 9.17) is 0 Å². The SMILES string of the molecule is CC(O)C(CO)(CO)N(C)C1CCCCC1. The van der Waals surface area contributed by atoms with E-state index in [1.54, 1.807) is 6.92 Å². The molecule has 0 saturated heterocycles. The highest BCUT2D eigenvalue weighted by Crippen LogP contribution is 2.28. The van der Waals surface area contributed by atoms with Crippen molar-refractivity contribution in [1.29, 1.82) is 0 Å². The first-order valence-electron chi connectivity index (χ1n) is 6.21. The van der Waals surface area contributed by atoms with Crippen molar-refractivity contribution in [1.82, 2.24) is 4.90 Å². The van der Waals surface area contributed by atoms with Gasteiger partial charge in [-0.2, -0.15) is 0 Å². The molecule has 0 aromatic heterocycles. The van der Waals surface area contributed by atoms with Gasteiger partial charge in [0.05, 0.1) is 24.9 Å². The third-order valence-corrected chi connectivity index (χ3v) is 4.15. The van der Waals surface area contributed by atoms with Crippen molar-refractivity contribution < 1.29 is 15.3 Å². The molecule has 1 atom stereocenters. The van der Waals surface area contributed by atoms with Gasteiger partial charge in [0, 0.05) is 6.04 Å². The Hall–Kier alpha value is -0.160. The predicted molar refractivity (Wildman–Crippen MR) is 63.2 cm³/mol. The summed E-state index contributed by atoms with van der Waals surface area (Å²) in [5.74, 6) is 0. The van der Waals surface area contributed by atoms with Gasteiger partial charge >= 0.3 is 0 Å². The minimum atomic E-state index is -0.901. The van der Waals surface area contributed by atoms with Gasteiger partial charge in [0.15, 0.2) is 0 Å². The van der Waals surface area contributed by atoms with Crippen LogP contribution in [0.25, 0.3) is 0 Å². The Morgan fingerprint density at radius 1 is 1.19 bits per heavy atom. The molecule has 1 saturated carbocycles. The van der Waals surface area contributed by atoms with Crippen LogP contribution in [0.4, 0.5) is 0 Å². The molecule has 0 amide bonds. The summed E-state index contributed by atoms with van der Waals surface area (Å²) < 4.78 is 0. The van der Waals surface area contributed by atoms with E-state index in [0.717, 1.165) is 12.8 Å². The van der Waals surface area contributed by atoms with Gasteiger partial charge < -0.3 is 15.3 Å². The summed E-state index contributed by atoms with van der Waals surface area (Å²) in [6, 6.07) is 0.364. The Balaban J connectivity index is 2.76. The molecule has 0 aromatic carbocycles. The first-order valence-corrected chi connectivity index (χ1v) is 6.21. The summed E-state index contributed by atoms with van der Waals surface area (Å²) in [5.41, 5.74) is -0.901. The molecule has 1 unspecified atom stereocenters. The summed E-state index contributed by atoms with van der Waals surface area (Å²) in [6.07, 6.45) is 5.10. The summed E-state index contributed by atoms with van der Waals surface area (Å²) in [6.45, 7) is 1.20. The number of rotatable bonds is 5. The second-order valence-electron chi connectivity index (χ2n) is 5.00. The van der Waals surface area contributed by atoms with Crippen molar-refractivity contribution in [3.8, 4) is 0 Å². The molecular weight excluding hydrogens is 206 g/mol. The lowest BCUT2D eigenvalue weighted by Crippen LogP contribution is -2.62. The van der Waals surface area contributed by atoms with Crippen LogP contribution in [-0.2, 0) is 0 Å². The highest BCUT2D eigenvalue weighted by molar-refractivity contribution is 4.96. The van der Waals surface area contributed by atoms with Gasteiger partial charge in [0.25, 0.3) is 0 Å². The molecule has 1 aliphatic carbocycles. The number of aliphatic hydroxyl groups is 3. The molecule has 4 heteroatoms. The van der Waals surface area contributed by atoms with Gasteiger partial charge in [-0.3, -0.25) is 4.90 Å². The van der Waals surface area contributed by atoms with Crippen LogP contribution in [0.15, 0.2) is 0 Å². The van der Waals surface area contributed by atoms with Crippen LogP contribution in [0, 0.1) is 0 Å². The first kappa shape index (κ1) is 13.9. The Kier molecular flexibility index (Phi) is 5.18. The smallest absolute Gasteiger partial charge is 0.0932 e. The minimum absolute atomic E-state index is 0.214. The lowest BCUT2D eigenvalue weighted by atomic mass is 9.87. The molecular formula is C12H25NO3. The maximum Gasteiger partial charge on any atom is 0.0932 e. The maximum atomic E-state index is 9.80. The Bertz CT molecular complexity index is 198. The molecule has 0 bridgehead atoms. The number of aliphatic hydroxyl groups excluding tert-OH is 3. The van der Waals surface area contributed by atoms with E-state index in [2.05, 4.69) is 0 Å². The molecule has 1 rings (SSSR count). The molecule has 4 nitrogen and oxygen atoms in total. The van der Waals surface area contributed by atoms with Crippen molar-refractivity contribution in [2.75, 3.05) is 20.3 Å². The fourth-order valence-electron chi connectivity index (χ4n) is 2.66. The van der Waals surface area contributed by atoms with Crippen LogP contribution in [-0.4, -0.2) is 58.2 Å². The monoisotopic (exact) mass is 231 g/mol. The molecule has 1 aliphatic rings. The van der Waals surface area contributed by atoms with Crippen molar-refractivity contribution in [2.45, 2.75) is 56.7 Å². The van der Waals surface area contributed by atoms with E-state index >= 15 is 0 Å². The van der Waals surface area contributed by atoms with E-state index in [9.17, 15) is 15.3 Å². The van der Waals surface area contributed by atoms with Gasteiger partial charge in [-0.05, 0) is 26.8 Å². The molecule has 16 heavy (non-hydrogen) atoms. The zero-order chi connectivity index (χ0) is 12.2. The molecule has 0 aliphatic heterocycles. The standard InChI is InChI=1S/C12H25NO3/c1-10(16)12(8-14,9-15)13(2)11-6-4-3-5-7-11/h10-11,14-16H,3-9H2,1-2H3. The van der Waals surface area contributed by atoms with Gasteiger partial charge in [-0.15, -0.1) is 0 Å². The fraction of sp³-hybridized carbons (Fsp3) is 1.00. The molecule has 0 radical (unpaired) electrons. The van der Waals surface area contributed by atoms with Gasteiger partial charge in [-0.25, -0.2) is 0 Å². The van der Waals surface area contributed by atoms with Crippen LogP contribution in [0.3, 0.4) is 0 Å².